The minimum Gasteiger partial charge on any atom is -0.354 e. The molecule has 0 saturated heterocycles. The monoisotopic (exact) mass is 283 g/mol. The van der Waals surface area contributed by atoms with Crippen molar-refractivity contribution >= 4 is 11.6 Å². The summed E-state index contributed by atoms with van der Waals surface area (Å²) in [5.41, 5.74) is 2.60. The SMILES string of the molecule is Cc1cc(C(=O)Nc2c(C)noc2-c2ccccc2)on1. The summed E-state index contributed by atoms with van der Waals surface area (Å²) in [7, 11) is 0. The van der Waals surface area contributed by atoms with Gasteiger partial charge in [0.1, 0.15) is 11.4 Å². The second-order valence-corrected chi connectivity index (χ2v) is 4.62. The summed E-state index contributed by atoms with van der Waals surface area (Å²) in [5.74, 6) is 0.267. The first-order chi connectivity index (χ1) is 10.1. The number of benzene rings is 1. The first-order valence-electron chi connectivity index (χ1n) is 6.41. The number of carbonyl (C=O) groups excluding carboxylic acids is 1. The minimum atomic E-state index is -0.390. The maximum atomic E-state index is 12.1. The van der Waals surface area contributed by atoms with Gasteiger partial charge in [-0.3, -0.25) is 4.79 Å². The van der Waals surface area contributed by atoms with Crippen molar-refractivity contribution < 1.29 is 13.8 Å². The van der Waals surface area contributed by atoms with Gasteiger partial charge in [0, 0.05) is 11.6 Å². The van der Waals surface area contributed by atoms with E-state index < -0.39 is 0 Å². The molecule has 0 aliphatic carbocycles. The molecule has 21 heavy (non-hydrogen) atoms. The van der Waals surface area contributed by atoms with Crippen LogP contribution in [0.15, 0.2) is 45.4 Å². The molecule has 0 spiro atoms. The molecule has 2 heterocycles. The van der Waals surface area contributed by atoms with Crippen LogP contribution in [-0.4, -0.2) is 16.2 Å². The van der Waals surface area contributed by atoms with Gasteiger partial charge in [-0.05, 0) is 13.8 Å². The molecule has 6 heteroatoms. The van der Waals surface area contributed by atoms with Crippen molar-refractivity contribution in [3.8, 4) is 11.3 Å². The number of nitrogens with one attached hydrogen (secondary N) is 1. The van der Waals surface area contributed by atoms with E-state index >= 15 is 0 Å². The highest BCUT2D eigenvalue weighted by Crippen LogP contribution is 2.30. The topological polar surface area (TPSA) is 81.2 Å². The molecule has 6 nitrogen and oxygen atoms in total. The van der Waals surface area contributed by atoms with Crippen molar-refractivity contribution in [3.63, 3.8) is 0 Å². The molecule has 3 rings (SSSR count). The van der Waals surface area contributed by atoms with Gasteiger partial charge in [-0.25, -0.2) is 0 Å². The van der Waals surface area contributed by atoms with E-state index in [9.17, 15) is 4.79 Å². The summed E-state index contributed by atoms with van der Waals surface area (Å²) in [5, 5.41) is 10.4. The standard InChI is InChI=1S/C15H13N3O3/c1-9-8-12(20-17-9)15(19)16-13-10(2)18-21-14(13)11-6-4-3-5-7-11/h3-8H,1-2H3,(H,16,19). The van der Waals surface area contributed by atoms with Crippen molar-refractivity contribution in [2.45, 2.75) is 13.8 Å². The maximum absolute atomic E-state index is 12.1. The van der Waals surface area contributed by atoms with Crippen LogP contribution in [0.3, 0.4) is 0 Å². The van der Waals surface area contributed by atoms with Crippen molar-refractivity contribution in [1.82, 2.24) is 10.3 Å². The zero-order valence-electron chi connectivity index (χ0n) is 11.6. The maximum Gasteiger partial charge on any atom is 0.294 e. The summed E-state index contributed by atoms with van der Waals surface area (Å²) in [6, 6.07) is 11.0. The predicted molar refractivity (Wildman–Crippen MR) is 75.9 cm³/mol. The molecular formula is C15H13N3O3. The summed E-state index contributed by atoms with van der Waals surface area (Å²) in [4.78, 5) is 12.1. The van der Waals surface area contributed by atoms with Crippen LogP contribution in [0.1, 0.15) is 21.9 Å². The predicted octanol–water partition coefficient (Wildman–Crippen LogP) is 3.20. The Bertz CT molecular complexity index is 775. The second kappa shape index (κ2) is 5.24. The average Bonchev–Trinajstić information content (AvgIpc) is 3.07. The molecule has 1 aromatic carbocycles. The first kappa shape index (κ1) is 13.1. The zero-order valence-corrected chi connectivity index (χ0v) is 11.6. The molecule has 0 bridgehead atoms. The van der Waals surface area contributed by atoms with E-state index in [1.165, 1.54) is 0 Å². The number of amides is 1. The summed E-state index contributed by atoms with van der Waals surface area (Å²) in [6.45, 7) is 3.51. The van der Waals surface area contributed by atoms with Gasteiger partial charge in [-0.2, -0.15) is 0 Å². The van der Waals surface area contributed by atoms with Gasteiger partial charge in [0.05, 0.1) is 5.69 Å². The zero-order chi connectivity index (χ0) is 14.8. The summed E-state index contributed by atoms with van der Waals surface area (Å²) >= 11 is 0. The van der Waals surface area contributed by atoms with Crippen LogP contribution >= 0.6 is 0 Å². The van der Waals surface area contributed by atoms with Crippen LogP contribution in [0.5, 0.6) is 0 Å². The largest absolute Gasteiger partial charge is 0.354 e. The smallest absolute Gasteiger partial charge is 0.294 e. The number of carbonyl (C=O) groups is 1. The summed E-state index contributed by atoms with van der Waals surface area (Å²) < 4.78 is 10.3. The van der Waals surface area contributed by atoms with Crippen LogP contribution in [-0.2, 0) is 0 Å². The van der Waals surface area contributed by atoms with E-state index in [2.05, 4.69) is 15.6 Å². The van der Waals surface area contributed by atoms with Gasteiger partial charge < -0.3 is 14.4 Å². The molecule has 1 amide bonds. The third-order valence-electron chi connectivity index (χ3n) is 2.99. The second-order valence-electron chi connectivity index (χ2n) is 4.62. The summed E-state index contributed by atoms with van der Waals surface area (Å²) in [6.07, 6.45) is 0. The molecule has 1 N–H and O–H groups in total. The number of nitrogens with zero attached hydrogens (tertiary/aromatic N) is 2. The van der Waals surface area contributed by atoms with Crippen molar-refractivity contribution in [2.75, 3.05) is 5.32 Å². The Morgan fingerprint density at radius 3 is 2.52 bits per heavy atom. The van der Waals surface area contributed by atoms with Crippen LogP contribution in [0.25, 0.3) is 11.3 Å². The molecule has 3 aromatic rings. The Morgan fingerprint density at radius 2 is 1.86 bits per heavy atom. The highest BCUT2D eigenvalue weighted by atomic mass is 16.5. The molecule has 106 valence electrons. The Kier molecular flexibility index (Phi) is 3.27. The number of hydrogen-bond acceptors (Lipinski definition) is 5. The Morgan fingerprint density at radius 1 is 1.10 bits per heavy atom. The average molecular weight is 283 g/mol. The number of aryl methyl sites for hydroxylation is 2. The molecule has 0 aliphatic heterocycles. The minimum absolute atomic E-state index is 0.145. The molecule has 0 atom stereocenters. The van der Waals surface area contributed by atoms with E-state index in [0.29, 0.717) is 22.8 Å². The fourth-order valence-electron chi connectivity index (χ4n) is 1.95. The Balaban J connectivity index is 1.93. The molecular weight excluding hydrogens is 270 g/mol. The molecule has 0 unspecified atom stereocenters. The third kappa shape index (κ3) is 2.55. The number of anilines is 1. The fourth-order valence-corrected chi connectivity index (χ4v) is 1.95. The van der Waals surface area contributed by atoms with E-state index in [1.807, 2.05) is 30.3 Å². The van der Waals surface area contributed by atoms with Gasteiger partial charge in [0.2, 0.25) is 5.76 Å². The lowest BCUT2D eigenvalue weighted by Gasteiger charge is -2.03. The van der Waals surface area contributed by atoms with Crippen LogP contribution in [0.4, 0.5) is 5.69 Å². The lowest BCUT2D eigenvalue weighted by Crippen LogP contribution is -2.11. The first-order valence-corrected chi connectivity index (χ1v) is 6.41. The van der Waals surface area contributed by atoms with Gasteiger partial charge in [-0.1, -0.05) is 40.6 Å². The molecule has 2 aromatic heterocycles. The van der Waals surface area contributed by atoms with Gasteiger partial charge >= 0.3 is 0 Å². The number of aromatic nitrogens is 2. The molecule has 0 radical (unpaired) electrons. The lowest BCUT2D eigenvalue weighted by molar-refractivity contribution is 0.0987. The fraction of sp³-hybridized carbons (Fsp3) is 0.133. The Hall–Kier alpha value is -2.89. The quantitative estimate of drug-likeness (QED) is 0.798. The number of hydrogen-bond donors (Lipinski definition) is 1. The highest BCUT2D eigenvalue weighted by Gasteiger charge is 2.20. The Labute approximate surface area is 120 Å². The lowest BCUT2D eigenvalue weighted by atomic mass is 10.1. The van der Waals surface area contributed by atoms with Gasteiger partial charge in [0.15, 0.2) is 5.76 Å². The van der Waals surface area contributed by atoms with Crippen LogP contribution < -0.4 is 5.32 Å². The van der Waals surface area contributed by atoms with Crippen molar-refractivity contribution in [1.29, 1.82) is 0 Å². The van der Waals surface area contributed by atoms with Crippen molar-refractivity contribution in [3.05, 3.63) is 53.5 Å². The van der Waals surface area contributed by atoms with E-state index in [1.54, 1.807) is 19.9 Å². The van der Waals surface area contributed by atoms with E-state index in [0.717, 1.165) is 5.56 Å². The van der Waals surface area contributed by atoms with Gasteiger partial charge in [-0.15, -0.1) is 0 Å². The number of rotatable bonds is 3. The normalized spacial score (nSPS) is 10.6. The van der Waals surface area contributed by atoms with Crippen molar-refractivity contribution in [2.24, 2.45) is 0 Å². The van der Waals surface area contributed by atoms with Crippen LogP contribution in [0.2, 0.25) is 0 Å². The van der Waals surface area contributed by atoms with E-state index in [4.69, 9.17) is 9.05 Å². The molecule has 0 aliphatic rings. The molecule has 0 saturated carbocycles. The van der Waals surface area contributed by atoms with E-state index in [-0.39, 0.29) is 11.7 Å². The highest BCUT2D eigenvalue weighted by molar-refractivity contribution is 6.04. The third-order valence-corrected chi connectivity index (χ3v) is 2.99. The van der Waals surface area contributed by atoms with Gasteiger partial charge in [0.25, 0.3) is 5.91 Å². The van der Waals surface area contributed by atoms with Crippen LogP contribution in [0, 0.1) is 13.8 Å². The molecule has 0 fully saturated rings.